The van der Waals surface area contributed by atoms with E-state index in [1.54, 1.807) is 13.0 Å². The van der Waals surface area contributed by atoms with Crippen molar-refractivity contribution < 1.29 is 22.5 Å². The summed E-state index contributed by atoms with van der Waals surface area (Å²) in [5.41, 5.74) is 0.264. The Labute approximate surface area is 177 Å². The van der Waals surface area contributed by atoms with Crippen LogP contribution in [0.1, 0.15) is 21.0 Å². The number of anilines is 1. The van der Waals surface area contributed by atoms with Crippen LogP contribution in [0, 0.1) is 6.92 Å². The molecule has 1 aromatic carbocycles. The monoisotopic (exact) mass is 448 g/mol. The number of nitrogens with zero attached hydrogens (tertiary/aromatic N) is 2. The van der Waals surface area contributed by atoms with Crippen molar-refractivity contribution >= 4 is 39.0 Å². The number of benzene rings is 1. The molecule has 0 saturated heterocycles. The lowest BCUT2D eigenvalue weighted by molar-refractivity contribution is -0.116. The highest BCUT2D eigenvalue weighted by Crippen LogP contribution is 2.14. The van der Waals surface area contributed by atoms with Crippen LogP contribution >= 0.6 is 11.3 Å². The van der Waals surface area contributed by atoms with E-state index >= 15 is 0 Å². The second-order valence-corrected chi connectivity index (χ2v) is 9.26. The van der Waals surface area contributed by atoms with Crippen LogP contribution in [0.2, 0.25) is 0 Å². The van der Waals surface area contributed by atoms with Gasteiger partial charge in [0, 0.05) is 30.1 Å². The molecular formula is C19H20N4O5S2. The highest BCUT2D eigenvalue weighted by Gasteiger charge is 2.18. The Bertz CT molecular complexity index is 1120. The average Bonchev–Trinajstić information content (AvgIpc) is 3.37. The molecule has 11 heteroatoms. The Morgan fingerprint density at radius 3 is 2.53 bits per heavy atom. The van der Waals surface area contributed by atoms with Gasteiger partial charge in [0.1, 0.15) is 5.76 Å². The predicted molar refractivity (Wildman–Crippen MR) is 112 cm³/mol. The zero-order chi connectivity index (χ0) is 21.7. The van der Waals surface area contributed by atoms with Crippen molar-refractivity contribution in [1.82, 2.24) is 14.8 Å². The van der Waals surface area contributed by atoms with Crippen LogP contribution in [0.25, 0.3) is 0 Å². The van der Waals surface area contributed by atoms with Gasteiger partial charge in [-0.1, -0.05) is 11.2 Å². The molecular weight excluding hydrogens is 428 g/mol. The molecule has 0 fully saturated rings. The van der Waals surface area contributed by atoms with E-state index in [1.165, 1.54) is 47.5 Å². The van der Waals surface area contributed by atoms with Crippen LogP contribution in [0.3, 0.4) is 0 Å². The first-order chi connectivity index (χ1) is 14.2. The average molecular weight is 449 g/mol. The first kappa shape index (κ1) is 21.7. The van der Waals surface area contributed by atoms with Gasteiger partial charge in [-0.3, -0.25) is 9.59 Å². The van der Waals surface area contributed by atoms with Crippen molar-refractivity contribution in [1.29, 1.82) is 0 Å². The van der Waals surface area contributed by atoms with Crippen molar-refractivity contribution in [3.63, 3.8) is 0 Å². The summed E-state index contributed by atoms with van der Waals surface area (Å²) in [6, 6.07) is 10.8. The first-order valence-corrected chi connectivity index (χ1v) is 11.2. The zero-order valence-corrected chi connectivity index (χ0v) is 17.9. The normalized spacial score (nSPS) is 11.3. The summed E-state index contributed by atoms with van der Waals surface area (Å²) in [6.07, 6.45) is 0. The summed E-state index contributed by atoms with van der Waals surface area (Å²) in [6.45, 7) is 1.69. The van der Waals surface area contributed by atoms with Gasteiger partial charge in [0.05, 0.1) is 11.4 Å². The number of hydrogen-bond acceptors (Lipinski definition) is 7. The molecule has 3 aromatic rings. The quantitative estimate of drug-likeness (QED) is 0.545. The minimum Gasteiger partial charge on any atom is -0.360 e. The van der Waals surface area contributed by atoms with Crippen LogP contribution in [0.15, 0.2) is 57.3 Å². The van der Waals surface area contributed by atoms with E-state index < -0.39 is 21.8 Å². The first-order valence-electron chi connectivity index (χ1n) is 8.85. The molecule has 30 heavy (non-hydrogen) atoms. The fourth-order valence-corrected chi connectivity index (χ4v) is 4.30. The van der Waals surface area contributed by atoms with Gasteiger partial charge in [0.25, 0.3) is 5.91 Å². The smallest absolute Gasteiger partial charge is 0.254 e. The molecule has 158 valence electrons. The van der Waals surface area contributed by atoms with E-state index in [9.17, 15) is 18.0 Å². The van der Waals surface area contributed by atoms with Crippen molar-refractivity contribution in [2.24, 2.45) is 0 Å². The molecule has 0 aliphatic rings. The Kier molecular flexibility index (Phi) is 6.65. The second kappa shape index (κ2) is 9.20. The third kappa shape index (κ3) is 5.53. The SMILES string of the molecule is Cc1cc(NC(=O)CN(C)C(=O)c2ccc(S(=O)(=O)NCc3cccs3)cc2)no1. The Morgan fingerprint density at radius 2 is 1.93 bits per heavy atom. The van der Waals surface area contributed by atoms with E-state index in [2.05, 4.69) is 15.2 Å². The molecule has 0 saturated carbocycles. The topological polar surface area (TPSA) is 122 Å². The van der Waals surface area contributed by atoms with E-state index in [1.807, 2.05) is 17.5 Å². The number of aromatic nitrogens is 1. The molecule has 2 N–H and O–H groups in total. The Hall–Kier alpha value is -3.02. The zero-order valence-electron chi connectivity index (χ0n) is 16.3. The van der Waals surface area contributed by atoms with Crippen LogP contribution < -0.4 is 10.0 Å². The van der Waals surface area contributed by atoms with Crippen LogP contribution in [0.4, 0.5) is 5.82 Å². The number of nitrogens with one attached hydrogen (secondary N) is 2. The molecule has 0 atom stereocenters. The highest BCUT2D eigenvalue weighted by molar-refractivity contribution is 7.89. The Balaban J connectivity index is 1.58. The maximum Gasteiger partial charge on any atom is 0.254 e. The van der Waals surface area contributed by atoms with Crippen molar-refractivity contribution in [3.8, 4) is 0 Å². The van der Waals surface area contributed by atoms with E-state index in [0.717, 1.165) is 4.88 Å². The van der Waals surface area contributed by atoms with Gasteiger partial charge in [0.15, 0.2) is 5.82 Å². The lowest BCUT2D eigenvalue weighted by Gasteiger charge is -2.16. The number of aryl methyl sites for hydroxylation is 1. The maximum absolute atomic E-state index is 12.5. The molecule has 2 heterocycles. The van der Waals surface area contributed by atoms with Gasteiger partial charge in [-0.15, -0.1) is 11.3 Å². The summed E-state index contributed by atoms with van der Waals surface area (Å²) < 4.78 is 32.2. The van der Waals surface area contributed by atoms with Gasteiger partial charge in [-0.2, -0.15) is 0 Å². The second-order valence-electron chi connectivity index (χ2n) is 6.46. The highest BCUT2D eigenvalue weighted by atomic mass is 32.2. The lowest BCUT2D eigenvalue weighted by atomic mass is 10.2. The Morgan fingerprint density at radius 1 is 1.20 bits per heavy atom. The van der Waals surface area contributed by atoms with E-state index in [4.69, 9.17) is 4.52 Å². The fourth-order valence-electron chi connectivity index (χ4n) is 2.55. The minimum atomic E-state index is -3.70. The molecule has 0 radical (unpaired) electrons. The number of carbonyl (C=O) groups excluding carboxylic acids is 2. The van der Waals surface area contributed by atoms with Crippen LogP contribution in [0.5, 0.6) is 0 Å². The van der Waals surface area contributed by atoms with E-state index in [-0.39, 0.29) is 29.4 Å². The summed E-state index contributed by atoms with van der Waals surface area (Å²) in [5, 5.41) is 8.06. The van der Waals surface area contributed by atoms with Crippen molar-refractivity contribution in [2.45, 2.75) is 18.4 Å². The number of hydrogen-bond donors (Lipinski definition) is 2. The van der Waals surface area contributed by atoms with Crippen molar-refractivity contribution in [2.75, 3.05) is 18.9 Å². The number of sulfonamides is 1. The van der Waals surface area contributed by atoms with Gasteiger partial charge in [-0.05, 0) is 42.6 Å². The van der Waals surface area contributed by atoms with Gasteiger partial charge < -0.3 is 14.7 Å². The fraction of sp³-hybridized carbons (Fsp3) is 0.211. The summed E-state index contributed by atoms with van der Waals surface area (Å²) in [5.74, 6) is -0.0364. The third-order valence-electron chi connectivity index (χ3n) is 4.05. The summed E-state index contributed by atoms with van der Waals surface area (Å²) >= 11 is 1.46. The predicted octanol–water partition coefficient (Wildman–Crippen LogP) is 2.23. The van der Waals surface area contributed by atoms with Crippen LogP contribution in [-0.2, 0) is 21.4 Å². The number of thiophene rings is 1. The number of likely N-dealkylation sites (N-methyl/N-ethyl adjacent to an activating group) is 1. The van der Waals surface area contributed by atoms with Crippen molar-refractivity contribution in [3.05, 3.63) is 64.0 Å². The van der Waals surface area contributed by atoms with E-state index in [0.29, 0.717) is 5.76 Å². The molecule has 3 rings (SSSR count). The van der Waals surface area contributed by atoms with Gasteiger partial charge in [0.2, 0.25) is 15.9 Å². The molecule has 0 aliphatic carbocycles. The maximum atomic E-state index is 12.5. The minimum absolute atomic E-state index is 0.0532. The molecule has 0 spiro atoms. The summed E-state index contributed by atoms with van der Waals surface area (Å²) in [7, 11) is -2.22. The molecule has 0 unspecified atom stereocenters. The van der Waals surface area contributed by atoms with Crippen LogP contribution in [-0.4, -0.2) is 43.9 Å². The lowest BCUT2D eigenvalue weighted by Crippen LogP contribution is -2.35. The molecule has 0 aliphatic heterocycles. The van der Waals surface area contributed by atoms with Gasteiger partial charge in [-0.25, -0.2) is 13.1 Å². The number of amides is 2. The summed E-state index contributed by atoms with van der Waals surface area (Å²) in [4.78, 5) is 26.7. The molecule has 9 nitrogen and oxygen atoms in total. The molecule has 2 aromatic heterocycles. The largest absolute Gasteiger partial charge is 0.360 e. The number of rotatable bonds is 8. The third-order valence-corrected chi connectivity index (χ3v) is 6.34. The standard InChI is InChI=1S/C19H20N4O5S2/c1-13-10-17(22-28-13)21-18(24)12-23(2)19(25)14-5-7-16(8-6-14)30(26,27)20-11-15-4-3-9-29-15/h3-10,20H,11-12H2,1-2H3,(H,21,22,24). The molecule has 0 bridgehead atoms. The molecule has 2 amide bonds. The van der Waals surface area contributed by atoms with Gasteiger partial charge >= 0.3 is 0 Å². The number of carbonyl (C=O) groups is 2.